The number of esters is 1. The molecule has 0 fully saturated rings. The number of methoxy groups -OCH3 is 4. The summed E-state index contributed by atoms with van der Waals surface area (Å²) < 4.78 is 28.9. The van der Waals surface area contributed by atoms with Crippen LogP contribution in [0.2, 0.25) is 0 Å². The van der Waals surface area contributed by atoms with Gasteiger partial charge in [0.25, 0.3) is 0 Å². The van der Waals surface area contributed by atoms with Crippen molar-refractivity contribution in [3.8, 4) is 34.5 Å². The number of nitrogens with two attached hydrogens (primary N) is 1. The van der Waals surface area contributed by atoms with Gasteiger partial charge in [0.1, 0.15) is 67.2 Å². The van der Waals surface area contributed by atoms with Gasteiger partial charge in [0, 0.05) is 139 Å². The number of Topliss-reactive ketones (excluding diaryl/α,β-unsaturated/α-hetero) is 2. The number of ether oxygens (including phenoxy) is 5. The van der Waals surface area contributed by atoms with Crippen LogP contribution in [0.5, 0.6) is 34.5 Å². The summed E-state index contributed by atoms with van der Waals surface area (Å²) in [7, 11) is 9.64. The van der Waals surface area contributed by atoms with Crippen molar-refractivity contribution in [1.82, 2.24) is 0 Å². The molecule has 0 atom stereocenters. The molecule has 0 aromatic heterocycles. The van der Waals surface area contributed by atoms with Crippen LogP contribution in [0.4, 0.5) is 0 Å². The summed E-state index contributed by atoms with van der Waals surface area (Å²) in [6.07, 6.45) is 8.16. The molecule has 30 heteroatoms. The van der Waals surface area contributed by atoms with Gasteiger partial charge in [0.05, 0.1) is 4.92 Å². The number of aromatic hydroxyl groups is 5. The fourth-order valence-corrected chi connectivity index (χ4v) is 6.61. The van der Waals surface area contributed by atoms with Crippen LogP contribution < -0.4 is 10.5 Å². The molecule has 0 spiro atoms. The number of aldehydes is 1. The van der Waals surface area contributed by atoms with Gasteiger partial charge in [0.2, 0.25) is 18.0 Å². The maximum atomic E-state index is 11.3. The molecule has 0 heterocycles. The van der Waals surface area contributed by atoms with E-state index in [0.717, 1.165) is 60.6 Å². The predicted octanol–water partition coefficient (Wildman–Crippen LogP) is 8.55. The van der Waals surface area contributed by atoms with Crippen molar-refractivity contribution in [2.75, 3.05) is 68.0 Å². The molecular formula is C62H79B4ClN3O19SUV. The van der Waals surface area contributed by atoms with Crippen molar-refractivity contribution in [3.05, 3.63) is 205 Å². The molecule has 0 aliphatic rings. The Morgan fingerprint density at radius 1 is 0.587 bits per heavy atom. The Morgan fingerprint density at radius 2 is 0.946 bits per heavy atom. The van der Waals surface area contributed by atoms with E-state index in [1.165, 1.54) is 70.9 Å². The SMILES string of the molecule is C.COCC(=O)CCCc1cccc(O)c1.COCC(=O)CCCc1cccc(OC(=O)COC)c1.COCC(=O)Cl.NCCc1cccc(O)c1.O=Cc1cccc(O)c1.O=[N+]([O-])/C=C/c1cccc(O)c1.O=[N+]([O-])CCc1cccc(O)c1.[3H][B].[B].[B].[B]=S.[U].[V]. The van der Waals surface area contributed by atoms with Gasteiger partial charge in [-0.25, -0.2) is 4.79 Å². The summed E-state index contributed by atoms with van der Waals surface area (Å²) >= 11 is 8.40. The average molecular weight is 1570 g/mol. The van der Waals surface area contributed by atoms with E-state index in [1.807, 2.05) is 36.4 Å². The minimum absolute atomic E-state index is 0. The topological polar surface area (TPSA) is 345 Å². The van der Waals surface area contributed by atoms with Crippen LogP contribution >= 0.6 is 23.7 Å². The van der Waals surface area contributed by atoms with Crippen LogP contribution in [0.3, 0.4) is 0 Å². The molecule has 490 valence electrons. The zero-order chi connectivity index (χ0) is 66.9. The molecule has 7 N–H and O–H groups in total. The van der Waals surface area contributed by atoms with Crippen LogP contribution in [0.1, 0.15) is 71.3 Å². The number of halogens is 1. The first-order valence-corrected chi connectivity index (χ1v) is 26.7. The number of ketones is 2. The van der Waals surface area contributed by atoms with Gasteiger partial charge in [-0.05, 0) is 152 Å². The normalized spacial score (nSPS) is 9.08. The van der Waals surface area contributed by atoms with E-state index in [-0.39, 0.29) is 146 Å². The summed E-state index contributed by atoms with van der Waals surface area (Å²) in [5.74, 6) is 1.23. The Morgan fingerprint density at radius 3 is 1.28 bits per heavy atom. The first-order valence-electron chi connectivity index (χ1n) is 26.5. The molecule has 0 amide bonds. The fourth-order valence-electron chi connectivity index (χ4n) is 6.50. The first-order chi connectivity index (χ1) is 42.2. The van der Waals surface area contributed by atoms with E-state index in [0.29, 0.717) is 54.7 Å². The van der Waals surface area contributed by atoms with E-state index in [1.54, 1.807) is 72.8 Å². The molecule has 6 aromatic carbocycles. The second kappa shape index (κ2) is 67.1. The number of benzene rings is 6. The number of carbonyl (C=O) groups is 5. The van der Waals surface area contributed by atoms with Crippen LogP contribution in [0, 0.1) is 51.3 Å². The molecule has 0 saturated carbocycles. The van der Waals surface area contributed by atoms with Gasteiger partial charge in [-0.1, -0.05) is 80.2 Å². The number of rotatable bonds is 25. The van der Waals surface area contributed by atoms with Gasteiger partial charge in [0.15, 0.2) is 11.6 Å². The van der Waals surface area contributed by atoms with Crippen molar-refractivity contribution >= 4 is 90.7 Å². The molecule has 0 bridgehead atoms. The van der Waals surface area contributed by atoms with Gasteiger partial charge < -0.3 is 55.0 Å². The van der Waals surface area contributed by atoms with E-state index >= 15 is 0 Å². The number of hydrogen-bond acceptors (Lipinski definition) is 21. The van der Waals surface area contributed by atoms with Crippen LogP contribution in [0.15, 0.2) is 152 Å². The smallest absolute Gasteiger partial charge is 0 e. The Bertz CT molecular complexity index is 2980. The third kappa shape index (κ3) is 60.8. The molecule has 92 heavy (non-hydrogen) atoms. The van der Waals surface area contributed by atoms with E-state index in [2.05, 4.69) is 31.9 Å². The molecule has 0 saturated heterocycles. The predicted molar refractivity (Wildman–Crippen MR) is 355 cm³/mol. The van der Waals surface area contributed by atoms with Gasteiger partial charge in [-0.2, -0.15) is 0 Å². The summed E-state index contributed by atoms with van der Waals surface area (Å²) in [6, 6.07) is 40.5. The van der Waals surface area contributed by atoms with Gasteiger partial charge >= 0.3 is 24.7 Å². The maximum absolute atomic E-state index is 11.3. The van der Waals surface area contributed by atoms with Crippen LogP contribution in [0.25, 0.3) is 6.08 Å². The molecular weight excluding hydrogens is 1490 g/mol. The quantitative estimate of drug-likeness (QED) is 0.00594. The number of hydrogen-bond donors (Lipinski definition) is 6. The molecule has 0 unspecified atom stereocenters. The third-order valence-corrected chi connectivity index (χ3v) is 10.2. The second-order valence-corrected chi connectivity index (χ2v) is 17.7. The van der Waals surface area contributed by atoms with Crippen LogP contribution in [-0.2, 0) is 82.4 Å². The monoisotopic (exact) mass is 1570 g/mol. The van der Waals surface area contributed by atoms with E-state index in [4.69, 9.17) is 58.0 Å². The maximum Gasteiger partial charge on any atom is 0 e. The largest absolute Gasteiger partial charge is 0 e. The second-order valence-electron chi connectivity index (χ2n) is 17.3. The average Bonchev–Trinajstić information content (AvgIpc) is 3.19. The van der Waals surface area contributed by atoms with Crippen molar-refractivity contribution in [2.45, 2.75) is 58.8 Å². The molecule has 6 rings (SSSR count). The minimum Gasteiger partial charge on any atom is 0 e. The molecule has 10 radical (unpaired) electrons. The molecule has 0 aliphatic heterocycles. The summed E-state index contributed by atoms with van der Waals surface area (Å²) in [5, 5.41) is 64.4. The molecule has 22 nitrogen and oxygen atoms in total. The van der Waals surface area contributed by atoms with Crippen LogP contribution in [-0.4, -0.2) is 166 Å². The van der Waals surface area contributed by atoms with Crippen molar-refractivity contribution in [3.63, 3.8) is 0 Å². The van der Waals surface area contributed by atoms with Crippen molar-refractivity contribution in [2.24, 2.45) is 5.73 Å². The Balaban J connectivity index is -0.000000152. The van der Waals surface area contributed by atoms with Gasteiger partial charge in [-0.3, -0.25) is 39.4 Å². The zero-order valence-corrected chi connectivity index (χ0v) is 58.1. The van der Waals surface area contributed by atoms with E-state index in [9.17, 15) is 49.3 Å². The number of nitrogens with zero attached hydrogens (tertiary/aromatic N) is 2. The van der Waals surface area contributed by atoms with Gasteiger partial charge in [-0.15, -0.1) is 0 Å². The Hall–Kier alpha value is -6.78. The molecule has 0 aliphatic carbocycles. The summed E-state index contributed by atoms with van der Waals surface area (Å²) in [4.78, 5) is 72.5. The van der Waals surface area contributed by atoms with Crippen molar-refractivity contribution in [1.29, 1.82) is 1.34 Å². The number of phenols is 5. The number of carbonyl (C=O) groups excluding carboxylic acids is 5. The fraction of sp³-hybridized carbons (Fsp3) is 0.306. The number of phenolic OH excluding ortho intramolecular Hbond substituents is 5. The molecule has 6 aromatic rings. The Kier molecular flexibility index (Phi) is 72.1. The zero-order valence-electron chi connectivity index (χ0n) is 52.0. The standard InChI is InChI=1S/C15H20O5.C12H16O3.C8H9NO3.C8H7NO3.C8H11NO.C7H6O2.C3H5ClO2.CH4.BS.BH.2B.U.V/c1-18-10-13(16)7-3-5-12-6-4-8-14(9-12)20-15(17)11-19-2;1-15-9-12(14)7-3-5-10-4-2-6-11(13)8-10;2*10-8-3-1-2-7(6-8)4-5-9(11)12;9-5-4-7-2-1-3-8(10)6-7;8-5-6-2-1-3-7(9)4-6;1-6-2-3(4)5;;1-2;;;;;/h4,6,8-9H,3,5,7,10-11H2,1-2H3;2,4,6,8,13H,3,5,7,9H2,1H3;1-3,6,10H,4-5H2;1-6,10H;1-3,6,10H,4-5,9H2;1-5,9H;2H2,1H3;1H4;;1H;;;;/b;;;5-4+;;;;;;;;;;/i;;;;;;;;;1T;;;;. The Labute approximate surface area is 592 Å². The van der Waals surface area contributed by atoms with Crippen molar-refractivity contribution < 1.29 is 133 Å². The summed E-state index contributed by atoms with van der Waals surface area (Å²) in [6.45, 7) is 4.90. The third-order valence-electron chi connectivity index (χ3n) is 10.1. The number of aryl methyl sites for hydroxylation is 2. The summed E-state index contributed by atoms with van der Waals surface area (Å²) in [5.41, 5.74) is 10.4. The first kappa shape index (κ1) is 98.8. The minimum atomic E-state index is -0.552. The van der Waals surface area contributed by atoms with E-state index < -0.39 is 16.1 Å². The number of nitro groups is 2.